The predicted octanol–water partition coefficient (Wildman–Crippen LogP) is 3.69. The van der Waals surface area contributed by atoms with Crippen molar-refractivity contribution >= 4 is 11.3 Å². The molecule has 2 rings (SSSR count). The van der Waals surface area contributed by atoms with Gasteiger partial charge in [-0.25, -0.2) is 8.78 Å². The zero-order valence-electron chi connectivity index (χ0n) is 9.63. The highest BCUT2D eigenvalue weighted by Gasteiger charge is 2.21. The Morgan fingerprint density at radius 1 is 1.18 bits per heavy atom. The van der Waals surface area contributed by atoms with Crippen molar-refractivity contribution in [1.29, 1.82) is 0 Å². The van der Waals surface area contributed by atoms with Crippen LogP contribution in [0.5, 0.6) is 0 Å². The summed E-state index contributed by atoms with van der Waals surface area (Å²) in [5.41, 5.74) is 7.09. The van der Waals surface area contributed by atoms with Gasteiger partial charge in [-0.2, -0.15) is 0 Å². The van der Waals surface area contributed by atoms with Crippen LogP contribution < -0.4 is 5.73 Å². The first-order valence-corrected chi connectivity index (χ1v) is 6.14. The summed E-state index contributed by atoms with van der Waals surface area (Å²) in [6, 6.07) is 3.74. The van der Waals surface area contributed by atoms with Gasteiger partial charge in [0.15, 0.2) is 0 Å². The van der Waals surface area contributed by atoms with Gasteiger partial charge in [-0.05, 0) is 42.5 Å². The molecule has 90 valence electrons. The lowest BCUT2D eigenvalue weighted by molar-refractivity contribution is 0.538. The van der Waals surface area contributed by atoms with Gasteiger partial charge in [0.1, 0.15) is 11.6 Å². The van der Waals surface area contributed by atoms with E-state index in [1.807, 2.05) is 18.4 Å². The standard InChI is InChI=1S/C13H13F2NS/c1-7-3-4-10(14)11(12(7)15)13(16)9-5-6-17-8(9)2/h3-6,13H,16H2,1-2H3. The van der Waals surface area contributed by atoms with Crippen LogP contribution in [-0.2, 0) is 0 Å². The van der Waals surface area contributed by atoms with Crippen molar-refractivity contribution in [2.75, 3.05) is 0 Å². The van der Waals surface area contributed by atoms with Gasteiger partial charge in [-0.3, -0.25) is 0 Å². The maximum absolute atomic E-state index is 13.9. The second kappa shape index (κ2) is 4.55. The molecule has 1 unspecified atom stereocenters. The van der Waals surface area contributed by atoms with Crippen LogP contribution in [0.3, 0.4) is 0 Å². The number of nitrogens with two attached hydrogens (primary N) is 1. The number of halogens is 2. The molecule has 0 radical (unpaired) electrons. The van der Waals surface area contributed by atoms with Crippen LogP contribution in [0.15, 0.2) is 23.6 Å². The third-order valence-corrected chi connectivity index (χ3v) is 3.73. The number of hydrogen-bond donors (Lipinski definition) is 1. The summed E-state index contributed by atoms with van der Waals surface area (Å²) in [6.45, 7) is 3.50. The first-order valence-electron chi connectivity index (χ1n) is 5.26. The fourth-order valence-corrected chi connectivity index (χ4v) is 2.59. The van der Waals surface area contributed by atoms with Crippen molar-refractivity contribution < 1.29 is 8.78 Å². The molecule has 1 aromatic carbocycles. The highest BCUT2D eigenvalue weighted by molar-refractivity contribution is 7.10. The van der Waals surface area contributed by atoms with Gasteiger partial charge >= 0.3 is 0 Å². The van der Waals surface area contributed by atoms with Crippen molar-refractivity contribution in [1.82, 2.24) is 0 Å². The summed E-state index contributed by atoms with van der Waals surface area (Å²) >= 11 is 1.52. The number of aryl methyl sites for hydroxylation is 2. The molecule has 4 heteroatoms. The zero-order chi connectivity index (χ0) is 12.6. The molecule has 0 bridgehead atoms. The molecule has 1 nitrogen and oxygen atoms in total. The van der Waals surface area contributed by atoms with E-state index in [0.29, 0.717) is 5.56 Å². The molecule has 1 heterocycles. The van der Waals surface area contributed by atoms with Crippen molar-refractivity contribution in [3.8, 4) is 0 Å². The Bertz CT molecular complexity index is 548. The van der Waals surface area contributed by atoms with Crippen molar-refractivity contribution in [3.05, 3.63) is 56.8 Å². The molecule has 0 spiro atoms. The first-order chi connectivity index (χ1) is 8.02. The van der Waals surface area contributed by atoms with Crippen LogP contribution in [-0.4, -0.2) is 0 Å². The quantitative estimate of drug-likeness (QED) is 0.867. The minimum Gasteiger partial charge on any atom is -0.320 e. The van der Waals surface area contributed by atoms with E-state index in [-0.39, 0.29) is 5.56 Å². The average molecular weight is 253 g/mol. The Morgan fingerprint density at radius 3 is 2.47 bits per heavy atom. The SMILES string of the molecule is Cc1ccc(F)c(C(N)c2ccsc2C)c1F. The molecule has 2 aromatic rings. The van der Waals surface area contributed by atoms with E-state index in [4.69, 9.17) is 5.73 Å². The van der Waals surface area contributed by atoms with Crippen molar-refractivity contribution in [3.63, 3.8) is 0 Å². The molecule has 0 saturated heterocycles. The third-order valence-electron chi connectivity index (χ3n) is 2.86. The summed E-state index contributed by atoms with van der Waals surface area (Å²) in [5, 5.41) is 1.87. The zero-order valence-corrected chi connectivity index (χ0v) is 10.4. The first kappa shape index (κ1) is 12.2. The van der Waals surface area contributed by atoms with Gasteiger partial charge in [0.05, 0.1) is 6.04 Å². The molecule has 0 aliphatic rings. The predicted molar refractivity (Wildman–Crippen MR) is 66.2 cm³/mol. The number of rotatable bonds is 2. The van der Waals surface area contributed by atoms with Gasteiger partial charge in [0.2, 0.25) is 0 Å². The van der Waals surface area contributed by atoms with Gasteiger partial charge < -0.3 is 5.73 Å². The Morgan fingerprint density at radius 2 is 1.88 bits per heavy atom. The van der Waals surface area contributed by atoms with E-state index in [0.717, 1.165) is 10.4 Å². The Kier molecular flexibility index (Phi) is 3.26. The van der Waals surface area contributed by atoms with E-state index in [2.05, 4.69) is 0 Å². The molecule has 2 N–H and O–H groups in total. The smallest absolute Gasteiger partial charge is 0.134 e. The lowest BCUT2D eigenvalue weighted by atomic mass is 9.97. The molecule has 0 amide bonds. The molecule has 1 atom stereocenters. The van der Waals surface area contributed by atoms with Crippen LogP contribution in [0.25, 0.3) is 0 Å². The lowest BCUT2D eigenvalue weighted by Gasteiger charge is -2.15. The molecular weight excluding hydrogens is 240 g/mol. The van der Waals surface area contributed by atoms with Crippen LogP contribution in [0, 0.1) is 25.5 Å². The van der Waals surface area contributed by atoms with Crippen molar-refractivity contribution in [2.24, 2.45) is 5.73 Å². The lowest BCUT2D eigenvalue weighted by Crippen LogP contribution is -2.16. The Balaban J connectivity index is 2.55. The van der Waals surface area contributed by atoms with Gasteiger partial charge in [0, 0.05) is 10.4 Å². The Labute approximate surface area is 103 Å². The van der Waals surface area contributed by atoms with E-state index >= 15 is 0 Å². The molecule has 0 aliphatic heterocycles. The van der Waals surface area contributed by atoms with Gasteiger partial charge in [-0.1, -0.05) is 6.07 Å². The third kappa shape index (κ3) is 2.10. The van der Waals surface area contributed by atoms with Crippen LogP contribution >= 0.6 is 11.3 Å². The highest BCUT2D eigenvalue weighted by Crippen LogP contribution is 2.30. The Hall–Kier alpha value is -1.26. The highest BCUT2D eigenvalue weighted by atomic mass is 32.1. The van der Waals surface area contributed by atoms with Gasteiger partial charge in [-0.15, -0.1) is 11.3 Å². The van der Waals surface area contributed by atoms with E-state index < -0.39 is 17.7 Å². The van der Waals surface area contributed by atoms with Gasteiger partial charge in [0.25, 0.3) is 0 Å². The summed E-state index contributed by atoms with van der Waals surface area (Å²) < 4.78 is 27.6. The fraction of sp³-hybridized carbons (Fsp3) is 0.231. The van der Waals surface area contributed by atoms with E-state index in [1.165, 1.54) is 23.5 Å². The molecule has 0 fully saturated rings. The maximum atomic E-state index is 13.9. The number of hydrogen-bond acceptors (Lipinski definition) is 2. The van der Waals surface area contributed by atoms with Crippen LogP contribution in [0.1, 0.15) is 27.6 Å². The minimum absolute atomic E-state index is 0.0495. The van der Waals surface area contributed by atoms with Crippen molar-refractivity contribution in [2.45, 2.75) is 19.9 Å². The normalized spacial score (nSPS) is 12.8. The largest absolute Gasteiger partial charge is 0.320 e. The number of benzene rings is 1. The second-order valence-corrected chi connectivity index (χ2v) is 5.12. The van der Waals surface area contributed by atoms with Crippen LogP contribution in [0.4, 0.5) is 8.78 Å². The fourth-order valence-electron chi connectivity index (χ4n) is 1.84. The number of thiophene rings is 1. The molecule has 1 aromatic heterocycles. The average Bonchev–Trinajstić information content (AvgIpc) is 2.70. The monoisotopic (exact) mass is 253 g/mol. The van der Waals surface area contributed by atoms with E-state index in [1.54, 1.807) is 6.92 Å². The summed E-state index contributed by atoms with van der Waals surface area (Å²) in [7, 11) is 0. The maximum Gasteiger partial charge on any atom is 0.134 e. The second-order valence-electron chi connectivity index (χ2n) is 4.00. The summed E-state index contributed by atoms with van der Waals surface area (Å²) in [5.74, 6) is -1.14. The molecule has 17 heavy (non-hydrogen) atoms. The summed E-state index contributed by atoms with van der Waals surface area (Å²) in [4.78, 5) is 0.984. The molecule has 0 aliphatic carbocycles. The molecule has 0 saturated carbocycles. The minimum atomic E-state index is -0.749. The van der Waals surface area contributed by atoms with Crippen LogP contribution in [0.2, 0.25) is 0 Å². The van der Waals surface area contributed by atoms with E-state index in [9.17, 15) is 8.78 Å². The topological polar surface area (TPSA) is 26.0 Å². The summed E-state index contributed by atoms with van der Waals surface area (Å²) in [6.07, 6.45) is 0. The molecular formula is C13H13F2NS.